The van der Waals surface area contributed by atoms with Crippen LogP contribution in [0, 0.1) is 11.8 Å². The summed E-state index contributed by atoms with van der Waals surface area (Å²) in [7, 11) is 1.59. The summed E-state index contributed by atoms with van der Waals surface area (Å²) in [5, 5.41) is 2.56. The molecule has 0 saturated carbocycles. The molecule has 1 unspecified atom stereocenters. The van der Waals surface area contributed by atoms with Gasteiger partial charge >= 0.3 is 0 Å². The highest BCUT2D eigenvalue weighted by molar-refractivity contribution is 6.07. The van der Waals surface area contributed by atoms with Gasteiger partial charge in [-0.2, -0.15) is 0 Å². The first-order valence-corrected chi connectivity index (χ1v) is 5.84. The zero-order chi connectivity index (χ0) is 13.8. The van der Waals surface area contributed by atoms with Crippen molar-refractivity contribution in [3.05, 3.63) is 24.3 Å². The third kappa shape index (κ3) is 2.68. The van der Waals surface area contributed by atoms with E-state index >= 15 is 0 Å². The molecule has 1 N–H and O–H groups in total. The lowest BCUT2D eigenvalue weighted by molar-refractivity contribution is -0.128. The predicted octanol–water partition coefficient (Wildman–Crippen LogP) is 0.550. The number of benzene rings is 1. The van der Waals surface area contributed by atoms with Gasteiger partial charge in [-0.05, 0) is 37.1 Å². The first-order chi connectivity index (χ1) is 9.15. The molecule has 5 nitrogen and oxygen atoms in total. The van der Waals surface area contributed by atoms with E-state index in [1.807, 2.05) is 0 Å². The van der Waals surface area contributed by atoms with Crippen LogP contribution in [0.3, 0.4) is 0 Å². The van der Waals surface area contributed by atoms with Crippen LogP contribution in [0.25, 0.3) is 0 Å². The third-order valence-electron chi connectivity index (χ3n) is 2.86. The molecule has 5 heteroatoms. The molecule has 0 radical (unpaired) electrons. The van der Waals surface area contributed by atoms with Crippen LogP contribution in [0.15, 0.2) is 24.3 Å². The van der Waals surface area contributed by atoms with Gasteiger partial charge in [-0.15, -0.1) is 0 Å². The lowest BCUT2D eigenvalue weighted by Gasteiger charge is -2.38. The number of nitrogens with zero attached hydrogens (tertiary/aromatic N) is 1. The van der Waals surface area contributed by atoms with Gasteiger partial charge in [-0.1, -0.05) is 5.92 Å². The molecule has 2 amide bonds. The van der Waals surface area contributed by atoms with Gasteiger partial charge in [0.2, 0.25) is 0 Å². The summed E-state index contributed by atoms with van der Waals surface area (Å²) in [5.41, 5.74) is 0.790. The molecule has 1 saturated heterocycles. The standard InChI is InChI=1S/C14H14N2O3/c1-3-4-13(17)15-12-9-16(14(12)18)10-5-7-11(19-2)8-6-10/h5-8,12H,9H2,1-2H3,(H,15,17). The maximum absolute atomic E-state index is 11.9. The van der Waals surface area contributed by atoms with Crippen LogP contribution in [-0.2, 0) is 9.59 Å². The van der Waals surface area contributed by atoms with Gasteiger partial charge in [-0.25, -0.2) is 0 Å². The van der Waals surface area contributed by atoms with Crippen molar-refractivity contribution in [2.45, 2.75) is 13.0 Å². The minimum Gasteiger partial charge on any atom is -0.497 e. The molecular weight excluding hydrogens is 244 g/mol. The smallest absolute Gasteiger partial charge is 0.296 e. The zero-order valence-electron chi connectivity index (χ0n) is 10.8. The monoisotopic (exact) mass is 258 g/mol. The van der Waals surface area contributed by atoms with E-state index in [0.717, 1.165) is 11.4 Å². The van der Waals surface area contributed by atoms with Crippen molar-refractivity contribution in [2.24, 2.45) is 0 Å². The Hall–Kier alpha value is -2.48. The van der Waals surface area contributed by atoms with Crippen LogP contribution in [0.5, 0.6) is 5.75 Å². The number of methoxy groups -OCH3 is 1. The predicted molar refractivity (Wildman–Crippen MR) is 70.7 cm³/mol. The number of ether oxygens (including phenoxy) is 1. The molecule has 1 aliphatic rings. The molecular formula is C14H14N2O3. The highest BCUT2D eigenvalue weighted by Gasteiger charge is 2.38. The fourth-order valence-corrected chi connectivity index (χ4v) is 1.84. The molecule has 1 fully saturated rings. The van der Waals surface area contributed by atoms with E-state index in [4.69, 9.17) is 4.74 Å². The number of β-lactam (4-membered cyclic amide) rings is 1. The van der Waals surface area contributed by atoms with Crippen molar-refractivity contribution >= 4 is 17.5 Å². The summed E-state index contributed by atoms with van der Waals surface area (Å²) in [6, 6.07) is 6.71. The van der Waals surface area contributed by atoms with Gasteiger partial charge in [0.05, 0.1) is 13.7 Å². The molecule has 98 valence electrons. The molecule has 0 spiro atoms. The molecule has 0 aromatic heterocycles. The maximum Gasteiger partial charge on any atom is 0.296 e. The Bertz CT molecular complexity index is 554. The minimum absolute atomic E-state index is 0.128. The zero-order valence-corrected chi connectivity index (χ0v) is 10.8. The number of rotatable bonds is 3. The van der Waals surface area contributed by atoms with E-state index in [1.165, 1.54) is 0 Å². The van der Waals surface area contributed by atoms with Crippen molar-refractivity contribution in [1.82, 2.24) is 5.32 Å². The van der Waals surface area contributed by atoms with E-state index in [-0.39, 0.29) is 5.91 Å². The molecule has 1 aromatic rings. The number of nitrogens with one attached hydrogen (secondary N) is 1. The third-order valence-corrected chi connectivity index (χ3v) is 2.86. The molecule has 1 heterocycles. The lowest BCUT2D eigenvalue weighted by atomic mass is 10.1. The van der Waals surface area contributed by atoms with Gasteiger partial charge in [0.1, 0.15) is 11.8 Å². The fraction of sp³-hybridized carbons (Fsp3) is 0.286. The maximum atomic E-state index is 11.9. The second-order valence-corrected chi connectivity index (χ2v) is 4.05. The Morgan fingerprint density at radius 2 is 2.11 bits per heavy atom. The van der Waals surface area contributed by atoms with Crippen LogP contribution in [0.2, 0.25) is 0 Å². The van der Waals surface area contributed by atoms with E-state index in [2.05, 4.69) is 17.2 Å². The summed E-state index contributed by atoms with van der Waals surface area (Å²) in [5.74, 6) is 5.02. The molecule has 1 aliphatic heterocycles. The van der Waals surface area contributed by atoms with E-state index in [0.29, 0.717) is 6.54 Å². The van der Waals surface area contributed by atoms with Crippen molar-refractivity contribution in [1.29, 1.82) is 0 Å². The summed E-state index contributed by atoms with van der Waals surface area (Å²) >= 11 is 0. The SMILES string of the molecule is CC#CC(=O)NC1CN(c2ccc(OC)cc2)C1=O. The first-order valence-electron chi connectivity index (χ1n) is 5.84. The normalized spacial score (nSPS) is 17.1. The Morgan fingerprint density at radius 1 is 1.42 bits per heavy atom. The lowest BCUT2D eigenvalue weighted by Crippen LogP contribution is -2.64. The van der Waals surface area contributed by atoms with Gasteiger partial charge in [0.25, 0.3) is 11.8 Å². The van der Waals surface area contributed by atoms with Gasteiger partial charge in [0, 0.05) is 5.69 Å². The molecule has 0 aliphatic carbocycles. The molecule has 0 bridgehead atoms. The number of carbonyl (C=O) groups is 2. The fourth-order valence-electron chi connectivity index (χ4n) is 1.84. The second-order valence-electron chi connectivity index (χ2n) is 4.05. The average molecular weight is 258 g/mol. The Morgan fingerprint density at radius 3 is 2.63 bits per heavy atom. The molecule has 2 rings (SSSR count). The number of amides is 2. The van der Waals surface area contributed by atoms with Crippen LogP contribution < -0.4 is 15.0 Å². The van der Waals surface area contributed by atoms with Crippen LogP contribution in [-0.4, -0.2) is 31.5 Å². The topological polar surface area (TPSA) is 58.6 Å². The van der Waals surface area contributed by atoms with Crippen molar-refractivity contribution in [3.63, 3.8) is 0 Å². The summed E-state index contributed by atoms with van der Waals surface area (Å²) in [6.07, 6.45) is 0. The first kappa shape index (κ1) is 13.0. The van der Waals surface area contributed by atoms with Crippen LogP contribution in [0.1, 0.15) is 6.92 Å². The number of carbonyl (C=O) groups excluding carboxylic acids is 2. The van der Waals surface area contributed by atoms with Crippen LogP contribution >= 0.6 is 0 Å². The van der Waals surface area contributed by atoms with Crippen molar-refractivity contribution < 1.29 is 14.3 Å². The highest BCUT2D eigenvalue weighted by atomic mass is 16.5. The average Bonchev–Trinajstić information content (AvgIpc) is 2.43. The Balaban J connectivity index is 1.96. The Kier molecular flexibility index (Phi) is 3.71. The Labute approximate surface area is 111 Å². The van der Waals surface area contributed by atoms with Crippen molar-refractivity contribution in [3.8, 4) is 17.6 Å². The van der Waals surface area contributed by atoms with Gasteiger partial charge < -0.3 is 15.0 Å². The van der Waals surface area contributed by atoms with E-state index in [9.17, 15) is 9.59 Å². The van der Waals surface area contributed by atoms with Crippen molar-refractivity contribution in [2.75, 3.05) is 18.6 Å². The second kappa shape index (κ2) is 5.44. The molecule has 1 atom stereocenters. The molecule has 1 aromatic carbocycles. The van der Waals surface area contributed by atoms with Gasteiger partial charge in [0.15, 0.2) is 0 Å². The minimum atomic E-state index is -0.476. The van der Waals surface area contributed by atoms with E-state index < -0.39 is 11.9 Å². The largest absolute Gasteiger partial charge is 0.497 e. The van der Waals surface area contributed by atoms with Gasteiger partial charge in [-0.3, -0.25) is 9.59 Å². The van der Waals surface area contributed by atoms with E-state index in [1.54, 1.807) is 43.2 Å². The quantitative estimate of drug-likeness (QED) is 0.636. The number of hydrogen-bond acceptors (Lipinski definition) is 3. The highest BCUT2D eigenvalue weighted by Crippen LogP contribution is 2.24. The molecule has 19 heavy (non-hydrogen) atoms. The number of hydrogen-bond donors (Lipinski definition) is 1. The van der Waals surface area contributed by atoms with Crippen LogP contribution in [0.4, 0.5) is 5.69 Å². The summed E-state index contributed by atoms with van der Waals surface area (Å²) in [6.45, 7) is 2.04. The summed E-state index contributed by atoms with van der Waals surface area (Å²) in [4.78, 5) is 24.7. The number of anilines is 1. The summed E-state index contributed by atoms with van der Waals surface area (Å²) < 4.78 is 5.05.